The minimum absolute atomic E-state index is 0.0784. The maximum absolute atomic E-state index is 12.1. The van der Waals surface area contributed by atoms with Crippen LogP contribution in [-0.4, -0.2) is 42.1 Å². The lowest BCUT2D eigenvalue weighted by Gasteiger charge is -2.32. The van der Waals surface area contributed by atoms with E-state index in [-0.39, 0.29) is 17.6 Å². The van der Waals surface area contributed by atoms with Gasteiger partial charge < -0.3 is 15.4 Å². The molecule has 1 atom stereocenters. The largest absolute Gasteiger partial charge is 0.361 e. The number of ether oxygens (including phenoxy) is 1. The molecular formula is C13H26N2O2. The van der Waals surface area contributed by atoms with Gasteiger partial charge in [-0.15, -0.1) is 0 Å². The molecular weight excluding hydrogens is 216 g/mol. The molecule has 0 aromatic carbocycles. The fourth-order valence-corrected chi connectivity index (χ4v) is 2.61. The number of amides is 1. The number of likely N-dealkylation sites (N-methyl/N-ethyl adjacent to an activating group) is 1. The van der Waals surface area contributed by atoms with E-state index < -0.39 is 0 Å². The summed E-state index contributed by atoms with van der Waals surface area (Å²) >= 11 is 0. The zero-order valence-corrected chi connectivity index (χ0v) is 11.4. The highest BCUT2D eigenvalue weighted by atomic mass is 16.5. The molecule has 0 aliphatic heterocycles. The molecule has 100 valence electrons. The standard InChI is InChI=1S/C13H26N2O2/c1-4-15(5-2)12(16)11(3)17-13(10-14)8-6-7-9-13/h11H,4-10,14H2,1-3H3. The summed E-state index contributed by atoms with van der Waals surface area (Å²) in [6, 6.07) is 0. The van der Waals surface area contributed by atoms with E-state index >= 15 is 0 Å². The number of rotatable bonds is 6. The van der Waals surface area contributed by atoms with Crippen LogP contribution >= 0.6 is 0 Å². The SMILES string of the molecule is CCN(CC)C(=O)C(C)OC1(CN)CCCC1. The summed E-state index contributed by atoms with van der Waals surface area (Å²) < 4.78 is 5.98. The Bertz CT molecular complexity index is 246. The summed E-state index contributed by atoms with van der Waals surface area (Å²) in [6.07, 6.45) is 3.91. The number of carbonyl (C=O) groups is 1. The third-order valence-electron chi connectivity index (χ3n) is 3.74. The van der Waals surface area contributed by atoms with E-state index in [0.29, 0.717) is 6.54 Å². The molecule has 0 spiro atoms. The van der Waals surface area contributed by atoms with Gasteiger partial charge in [-0.05, 0) is 33.6 Å². The minimum Gasteiger partial charge on any atom is -0.361 e. The molecule has 0 radical (unpaired) electrons. The highest BCUT2D eigenvalue weighted by Gasteiger charge is 2.37. The fourth-order valence-electron chi connectivity index (χ4n) is 2.61. The van der Waals surface area contributed by atoms with Crippen molar-refractivity contribution in [2.24, 2.45) is 5.73 Å². The number of carbonyl (C=O) groups excluding carboxylic acids is 1. The van der Waals surface area contributed by atoms with Gasteiger partial charge in [-0.3, -0.25) is 4.79 Å². The Morgan fingerprint density at radius 1 is 1.35 bits per heavy atom. The van der Waals surface area contributed by atoms with E-state index in [4.69, 9.17) is 10.5 Å². The maximum Gasteiger partial charge on any atom is 0.251 e. The van der Waals surface area contributed by atoms with Crippen molar-refractivity contribution >= 4 is 5.91 Å². The van der Waals surface area contributed by atoms with Crippen LogP contribution in [0.3, 0.4) is 0 Å². The smallest absolute Gasteiger partial charge is 0.251 e. The Morgan fingerprint density at radius 3 is 2.29 bits per heavy atom. The van der Waals surface area contributed by atoms with Crippen molar-refractivity contribution in [2.75, 3.05) is 19.6 Å². The number of nitrogens with two attached hydrogens (primary N) is 1. The van der Waals surface area contributed by atoms with Gasteiger partial charge in [0.15, 0.2) is 0 Å². The lowest BCUT2D eigenvalue weighted by Crippen LogP contribution is -2.46. The van der Waals surface area contributed by atoms with Gasteiger partial charge in [-0.2, -0.15) is 0 Å². The van der Waals surface area contributed by atoms with Gasteiger partial charge in [0.2, 0.25) is 0 Å². The second-order valence-corrected chi connectivity index (χ2v) is 4.86. The molecule has 1 rings (SSSR count). The average Bonchev–Trinajstić information content (AvgIpc) is 2.79. The van der Waals surface area contributed by atoms with E-state index in [1.54, 1.807) is 0 Å². The molecule has 0 saturated heterocycles. The molecule has 4 nitrogen and oxygen atoms in total. The molecule has 1 unspecified atom stereocenters. The first kappa shape index (κ1) is 14.5. The van der Waals surface area contributed by atoms with Gasteiger partial charge in [0.25, 0.3) is 5.91 Å². The average molecular weight is 242 g/mol. The van der Waals surface area contributed by atoms with Gasteiger partial charge in [-0.1, -0.05) is 12.8 Å². The molecule has 1 aliphatic rings. The Balaban J connectivity index is 2.58. The summed E-state index contributed by atoms with van der Waals surface area (Å²) in [4.78, 5) is 13.9. The lowest BCUT2D eigenvalue weighted by molar-refractivity contribution is -0.154. The summed E-state index contributed by atoms with van der Waals surface area (Å²) in [6.45, 7) is 7.81. The minimum atomic E-state index is -0.378. The van der Waals surface area contributed by atoms with E-state index in [0.717, 1.165) is 38.8 Å². The van der Waals surface area contributed by atoms with Crippen LogP contribution in [0.2, 0.25) is 0 Å². The number of nitrogens with zero attached hydrogens (tertiary/aromatic N) is 1. The van der Waals surface area contributed by atoms with Crippen molar-refractivity contribution in [1.82, 2.24) is 4.90 Å². The normalized spacial score (nSPS) is 20.2. The highest BCUT2D eigenvalue weighted by molar-refractivity contribution is 5.80. The van der Waals surface area contributed by atoms with Gasteiger partial charge in [-0.25, -0.2) is 0 Å². The lowest BCUT2D eigenvalue weighted by atomic mass is 10.0. The van der Waals surface area contributed by atoms with Gasteiger partial charge in [0.1, 0.15) is 6.10 Å². The molecule has 1 saturated carbocycles. The molecule has 0 heterocycles. The van der Waals surface area contributed by atoms with E-state index in [1.165, 1.54) is 0 Å². The highest BCUT2D eigenvalue weighted by Crippen LogP contribution is 2.33. The quantitative estimate of drug-likeness (QED) is 0.768. The zero-order chi connectivity index (χ0) is 12.9. The molecule has 1 aliphatic carbocycles. The first-order chi connectivity index (χ1) is 8.08. The second-order valence-electron chi connectivity index (χ2n) is 4.86. The van der Waals surface area contributed by atoms with E-state index in [9.17, 15) is 4.79 Å². The number of hydrogen-bond acceptors (Lipinski definition) is 3. The Kier molecular flexibility index (Phi) is 5.40. The van der Waals surface area contributed by atoms with E-state index in [1.807, 2.05) is 25.7 Å². The van der Waals surface area contributed by atoms with Crippen LogP contribution in [0.4, 0.5) is 0 Å². The Labute approximate surface area is 104 Å². The van der Waals surface area contributed by atoms with Gasteiger partial charge in [0, 0.05) is 19.6 Å². The van der Waals surface area contributed by atoms with Crippen molar-refractivity contribution in [3.8, 4) is 0 Å². The maximum atomic E-state index is 12.1. The first-order valence-electron chi connectivity index (χ1n) is 6.75. The van der Waals surface area contributed by atoms with Crippen LogP contribution in [0, 0.1) is 0 Å². The molecule has 1 fully saturated rings. The Morgan fingerprint density at radius 2 is 1.88 bits per heavy atom. The summed E-state index contributed by atoms with van der Waals surface area (Å²) in [5, 5.41) is 0. The molecule has 4 heteroatoms. The van der Waals surface area contributed by atoms with Crippen molar-refractivity contribution in [3.05, 3.63) is 0 Å². The summed E-state index contributed by atoms with van der Waals surface area (Å²) in [5.74, 6) is 0.0784. The van der Waals surface area contributed by atoms with Crippen LogP contribution in [0.15, 0.2) is 0 Å². The first-order valence-corrected chi connectivity index (χ1v) is 6.75. The van der Waals surface area contributed by atoms with Crippen LogP contribution in [-0.2, 0) is 9.53 Å². The van der Waals surface area contributed by atoms with E-state index in [2.05, 4.69) is 0 Å². The van der Waals surface area contributed by atoms with Crippen molar-refractivity contribution in [3.63, 3.8) is 0 Å². The van der Waals surface area contributed by atoms with Crippen LogP contribution < -0.4 is 5.73 Å². The topological polar surface area (TPSA) is 55.6 Å². The molecule has 1 amide bonds. The van der Waals surface area contributed by atoms with Crippen LogP contribution in [0.5, 0.6) is 0 Å². The van der Waals surface area contributed by atoms with Gasteiger partial charge >= 0.3 is 0 Å². The molecule has 2 N–H and O–H groups in total. The van der Waals surface area contributed by atoms with Crippen LogP contribution in [0.25, 0.3) is 0 Å². The van der Waals surface area contributed by atoms with Crippen LogP contribution in [0.1, 0.15) is 46.5 Å². The molecule has 17 heavy (non-hydrogen) atoms. The third-order valence-corrected chi connectivity index (χ3v) is 3.74. The zero-order valence-electron chi connectivity index (χ0n) is 11.4. The van der Waals surface area contributed by atoms with Crippen molar-refractivity contribution in [2.45, 2.75) is 58.2 Å². The van der Waals surface area contributed by atoms with Crippen molar-refractivity contribution in [1.29, 1.82) is 0 Å². The van der Waals surface area contributed by atoms with Crippen molar-refractivity contribution < 1.29 is 9.53 Å². The molecule has 0 bridgehead atoms. The predicted molar refractivity (Wildman–Crippen MR) is 68.7 cm³/mol. The summed E-state index contributed by atoms with van der Waals surface area (Å²) in [7, 11) is 0. The Hall–Kier alpha value is -0.610. The summed E-state index contributed by atoms with van der Waals surface area (Å²) in [5.41, 5.74) is 5.56. The number of hydrogen-bond donors (Lipinski definition) is 1. The fraction of sp³-hybridized carbons (Fsp3) is 0.923. The molecule has 0 aromatic rings. The monoisotopic (exact) mass is 242 g/mol. The predicted octanol–water partition coefficient (Wildman–Crippen LogP) is 1.53. The second kappa shape index (κ2) is 6.36. The molecule has 0 aromatic heterocycles. The van der Waals surface area contributed by atoms with Gasteiger partial charge in [0.05, 0.1) is 5.60 Å². The third kappa shape index (κ3) is 3.42.